The van der Waals surface area contributed by atoms with E-state index in [4.69, 9.17) is 15.7 Å². The molecule has 3 aromatic rings. The highest BCUT2D eigenvalue weighted by Gasteiger charge is 2.28. The molecule has 1 unspecified atom stereocenters. The molecule has 5 heteroatoms. The molecule has 0 saturated carbocycles. The molecule has 1 aliphatic carbocycles. The Labute approximate surface area is 160 Å². The second-order valence-corrected chi connectivity index (χ2v) is 7.35. The summed E-state index contributed by atoms with van der Waals surface area (Å²) in [5.41, 5.74) is 11.6. The largest absolute Gasteiger partial charge is 0.341 e. The smallest absolute Gasteiger partial charge is 0.121 e. The summed E-state index contributed by atoms with van der Waals surface area (Å²) in [6.45, 7) is 6.45. The summed E-state index contributed by atoms with van der Waals surface area (Å²) in [5.74, 6) is 0.986. The van der Waals surface area contributed by atoms with Gasteiger partial charge in [-0.3, -0.25) is 9.88 Å². The van der Waals surface area contributed by atoms with Crippen molar-refractivity contribution < 1.29 is 0 Å². The van der Waals surface area contributed by atoms with E-state index in [1.54, 1.807) is 0 Å². The lowest BCUT2D eigenvalue weighted by Crippen LogP contribution is -2.33. The van der Waals surface area contributed by atoms with Crippen LogP contribution in [0.3, 0.4) is 0 Å². The Morgan fingerprint density at radius 2 is 2.15 bits per heavy atom. The fourth-order valence-electron chi connectivity index (χ4n) is 4.06. The van der Waals surface area contributed by atoms with Gasteiger partial charge in [-0.1, -0.05) is 30.4 Å². The highest BCUT2D eigenvalue weighted by molar-refractivity contribution is 5.74. The average Bonchev–Trinajstić information content (AvgIpc) is 3.09. The van der Waals surface area contributed by atoms with Gasteiger partial charge in [-0.05, 0) is 56.0 Å². The van der Waals surface area contributed by atoms with Crippen LogP contribution in [0.5, 0.6) is 0 Å². The van der Waals surface area contributed by atoms with E-state index in [1.165, 1.54) is 17.7 Å². The van der Waals surface area contributed by atoms with Gasteiger partial charge in [0.2, 0.25) is 0 Å². The van der Waals surface area contributed by atoms with Crippen LogP contribution in [0.1, 0.15) is 42.4 Å². The Bertz CT molecular complexity index is 896. The molecule has 0 saturated heterocycles. The number of benzene rings is 1. The van der Waals surface area contributed by atoms with Crippen molar-refractivity contribution in [1.82, 2.24) is 19.9 Å². The van der Waals surface area contributed by atoms with E-state index in [9.17, 15) is 0 Å². The number of aromatic amines is 1. The summed E-state index contributed by atoms with van der Waals surface area (Å²) in [7, 11) is 0. The Balaban J connectivity index is 1.64. The second-order valence-electron chi connectivity index (χ2n) is 7.35. The van der Waals surface area contributed by atoms with Gasteiger partial charge in [0, 0.05) is 12.7 Å². The van der Waals surface area contributed by atoms with E-state index < -0.39 is 0 Å². The van der Waals surface area contributed by atoms with Gasteiger partial charge in [-0.25, -0.2) is 4.98 Å². The van der Waals surface area contributed by atoms with E-state index in [0.29, 0.717) is 6.54 Å². The second kappa shape index (κ2) is 8.03. The summed E-state index contributed by atoms with van der Waals surface area (Å²) in [6.07, 6.45) is 6.16. The molecular formula is C22H27N5. The van der Waals surface area contributed by atoms with Crippen LogP contribution in [-0.4, -0.2) is 32.9 Å². The maximum absolute atomic E-state index is 5.75. The molecule has 2 heterocycles. The third kappa shape index (κ3) is 3.94. The number of hydrogen-bond donors (Lipinski definition) is 2. The monoisotopic (exact) mass is 361 g/mol. The van der Waals surface area contributed by atoms with Crippen molar-refractivity contribution in [2.45, 2.75) is 38.3 Å². The van der Waals surface area contributed by atoms with Gasteiger partial charge in [-0.15, -0.1) is 0 Å². The Hall–Kier alpha value is -2.50. The van der Waals surface area contributed by atoms with Crippen LogP contribution in [0.15, 0.2) is 54.7 Å². The standard InChI is InChI=1S/C22H27N5/c1-16(11-12-23)14-27(15-21-25-18-8-2-3-9-19(18)26-21)20-10-4-6-17-7-5-13-24-22(17)20/h2-3,5,7-9,13,20H,1,4,6,10-12,14-15,23H2,(H,25,26). The van der Waals surface area contributed by atoms with Crippen molar-refractivity contribution in [2.24, 2.45) is 5.73 Å². The average molecular weight is 361 g/mol. The third-order valence-corrected chi connectivity index (χ3v) is 5.32. The molecule has 0 aliphatic heterocycles. The third-order valence-electron chi connectivity index (χ3n) is 5.32. The van der Waals surface area contributed by atoms with Gasteiger partial charge < -0.3 is 10.7 Å². The number of nitrogens with one attached hydrogen (secondary N) is 1. The van der Waals surface area contributed by atoms with Crippen LogP contribution >= 0.6 is 0 Å². The van der Waals surface area contributed by atoms with Crippen molar-refractivity contribution in [3.63, 3.8) is 0 Å². The highest BCUT2D eigenvalue weighted by Crippen LogP contribution is 2.34. The number of aromatic nitrogens is 3. The highest BCUT2D eigenvalue weighted by atomic mass is 15.2. The number of nitrogens with two attached hydrogens (primary N) is 1. The quantitative estimate of drug-likeness (QED) is 0.629. The zero-order valence-corrected chi connectivity index (χ0v) is 15.7. The normalized spacial score (nSPS) is 16.6. The van der Waals surface area contributed by atoms with Crippen LogP contribution in [-0.2, 0) is 13.0 Å². The number of hydrogen-bond acceptors (Lipinski definition) is 4. The molecule has 0 radical (unpaired) electrons. The van der Waals surface area contributed by atoms with Crippen molar-refractivity contribution in [2.75, 3.05) is 13.1 Å². The van der Waals surface area contributed by atoms with Gasteiger partial charge in [0.05, 0.1) is 29.3 Å². The van der Waals surface area contributed by atoms with Gasteiger partial charge in [0.1, 0.15) is 5.82 Å². The van der Waals surface area contributed by atoms with E-state index in [2.05, 4.69) is 28.6 Å². The van der Waals surface area contributed by atoms with Crippen molar-refractivity contribution in [3.05, 3.63) is 71.8 Å². The molecule has 0 fully saturated rings. The summed E-state index contributed by atoms with van der Waals surface area (Å²) < 4.78 is 0. The first kappa shape index (κ1) is 17.9. The minimum Gasteiger partial charge on any atom is -0.341 e. The number of pyridine rings is 1. The van der Waals surface area contributed by atoms with Gasteiger partial charge in [0.25, 0.3) is 0 Å². The lowest BCUT2D eigenvalue weighted by molar-refractivity contribution is 0.176. The Morgan fingerprint density at radius 3 is 3.00 bits per heavy atom. The SMILES string of the molecule is C=C(CCN)CN(Cc1nc2ccccc2[nH]1)C1CCCc2cccnc21. The maximum Gasteiger partial charge on any atom is 0.121 e. The fraction of sp³-hybridized carbons (Fsp3) is 0.364. The van der Waals surface area contributed by atoms with Crippen molar-refractivity contribution >= 4 is 11.0 Å². The number of aryl methyl sites for hydroxylation is 1. The Kier molecular flexibility index (Phi) is 5.32. The molecule has 5 nitrogen and oxygen atoms in total. The maximum atomic E-state index is 5.75. The molecule has 1 aromatic carbocycles. The lowest BCUT2D eigenvalue weighted by atomic mass is 9.90. The summed E-state index contributed by atoms with van der Waals surface area (Å²) in [5, 5.41) is 0. The van der Waals surface area contributed by atoms with Crippen molar-refractivity contribution in [3.8, 4) is 0 Å². The number of nitrogens with zero attached hydrogens (tertiary/aromatic N) is 3. The summed E-state index contributed by atoms with van der Waals surface area (Å²) >= 11 is 0. The number of imidazole rings is 1. The topological polar surface area (TPSA) is 70.8 Å². The minimum absolute atomic E-state index is 0.290. The first-order valence-electron chi connectivity index (χ1n) is 9.73. The first-order chi connectivity index (χ1) is 13.2. The van der Waals surface area contributed by atoms with E-state index >= 15 is 0 Å². The summed E-state index contributed by atoms with van der Waals surface area (Å²) in [6, 6.07) is 12.7. The minimum atomic E-state index is 0.290. The van der Waals surface area contributed by atoms with Crippen LogP contribution in [0, 0.1) is 0 Å². The first-order valence-corrected chi connectivity index (χ1v) is 9.73. The van der Waals surface area contributed by atoms with Crippen LogP contribution in [0.25, 0.3) is 11.0 Å². The number of para-hydroxylation sites is 2. The molecule has 4 rings (SSSR count). The molecular weight excluding hydrogens is 334 g/mol. The van der Waals surface area contributed by atoms with Gasteiger partial charge in [-0.2, -0.15) is 0 Å². The molecule has 140 valence electrons. The molecule has 1 aliphatic rings. The van der Waals surface area contributed by atoms with E-state index in [1.807, 2.05) is 30.5 Å². The van der Waals surface area contributed by atoms with Crippen LogP contribution in [0.2, 0.25) is 0 Å². The van der Waals surface area contributed by atoms with Crippen molar-refractivity contribution in [1.29, 1.82) is 0 Å². The molecule has 0 amide bonds. The molecule has 0 bridgehead atoms. The van der Waals surface area contributed by atoms with E-state index in [-0.39, 0.29) is 6.04 Å². The van der Waals surface area contributed by atoms with E-state index in [0.717, 1.165) is 54.8 Å². The van der Waals surface area contributed by atoms with Crippen LogP contribution < -0.4 is 5.73 Å². The van der Waals surface area contributed by atoms with Gasteiger partial charge >= 0.3 is 0 Å². The fourth-order valence-corrected chi connectivity index (χ4v) is 4.06. The molecule has 3 N–H and O–H groups in total. The zero-order chi connectivity index (χ0) is 18.6. The molecule has 0 spiro atoms. The Morgan fingerprint density at radius 1 is 1.26 bits per heavy atom. The molecule has 1 atom stereocenters. The lowest BCUT2D eigenvalue weighted by Gasteiger charge is -2.35. The zero-order valence-electron chi connectivity index (χ0n) is 15.7. The number of fused-ring (bicyclic) bond motifs is 2. The molecule has 2 aromatic heterocycles. The molecule has 27 heavy (non-hydrogen) atoms. The number of rotatable bonds is 7. The summed E-state index contributed by atoms with van der Waals surface area (Å²) in [4.78, 5) is 15.4. The van der Waals surface area contributed by atoms with Gasteiger partial charge in [0.15, 0.2) is 0 Å². The predicted molar refractivity (Wildman–Crippen MR) is 109 cm³/mol. The number of H-pyrrole nitrogens is 1. The predicted octanol–water partition coefficient (Wildman–Crippen LogP) is 3.74. The van der Waals surface area contributed by atoms with Crippen LogP contribution in [0.4, 0.5) is 0 Å².